The van der Waals surface area contributed by atoms with Gasteiger partial charge < -0.3 is 10.2 Å². The Morgan fingerprint density at radius 2 is 1.95 bits per heavy atom. The maximum Gasteiger partial charge on any atom is 0.401 e. The van der Waals surface area contributed by atoms with Crippen LogP contribution >= 0.6 is 0 Å². The minimum atomic E-state index is -4.21. The van der Waals surface area contributed by atoms with Crippen LogP contribution in [-0.4, -0.2) is 25.2 Å². The largest absolute Gasteiger partial charge is 0.401 e. The van der Waals surface area contributed by atoms with Gasteiger partial charge in [-0.1, -0.05) is 12.1 Å². The van der Waals surface area contributed by atoms with Crippen LogP contribution in [-0.2, 0) is 4.79 Å². The Hall–Kier alpha value is -1.56. The second-order valence-electron chi connectivity index (χ2n) is 4.96. The Morgan fingerprint density at radius 3 is 2.45 bits per heavy atom. The van der Waals surface area contributed by atoms with Crippen molar-refractivity contribution < 1.29 is 18.0 Å². The van der Waals surface area contributed by atoms with Gasteiger partial charge in [0.05, 0.1) is 6.54 Å². The monoisotopic (exact) mass is 286 g/mol. The molecule has 1 aliphatic heterocycles. The van der Waals surface area contributed by atoms with Gasteiger partial charge >= 0.3 is 6.18 Å². The molecule has 0 aromatic heterocycles. The molecule has 0 saturated carbocycles. The number of hydrogen-bond acceptors (Lipinski definition) is 2. The number of carbonyl (C=O) groups excluding carboxylic acids is 1. The molecule has 20 heavy (non-hydrogen) atoms. The third kappa shape index (κ3) is 3.72. The summed E-state index contributed by atoms with van der Waals surface area (Å²) in [5.74, 6) is 0.0981. The van der Waals surface area contributed by atoms with Crippen molar-refractivity contribution in [3.63, 3.8) is 0 Å². The minimum Gasteiger partial charge on any atom is -0.312 e. The third-order valence-electron chi connectivity index (χ3n) is 3.39. The van der Waals surface area contributed by atoms with Crippen LogP contribution in [0.5, 0.6) is 0 Å². The number of carbonyl (C=O) groups is 1. The molecule has 0 bridgehead atoms. The maximum absolute atomic E-state index is 12.1. The van der Waals surface area contributed by atoms with Crippen LogP contribution in [0.15, 0.2) is 24.3 Å². The van der Waals surface area contributed by atoms with Crippen LogP contribution in [0.2, 0.25) is 0 Å². The van der Waals surface area contributed by atoms with Gasteiger partial charge in [0, 0.05) is 24.7 Å². The highest BCUT2D eigenvalue weighted by Crippen LogP contribution is 2.24. The molecule has 1 amide bonds. The van der Waals surface area contributed by atoms with Crippen molar-refractivity contribution in [2.75, 3.05) is 18.0 Å². The number of nitrogens with zero attached hydrogens (tertiary/aromatic N) is 1. The lowest BCUT2D eigenvalue weighted by atomic mass is 10.1. The molecule has 0 spiro atoms. The highest BCUT2D eigenvalue weighted by Gasteiger charge is 2.27. The average Bonchev–Trinajstić information content (AvgIpc) is 2.81. The second-order valence-corrected chi connectivity index (χ2v) is 4.96. The highest BCUT2D eigenvalue weighted by molar-refractivity contribution is 5.95. The van der Waals surface area contributed by atoms with E-state index in [0.29, 0.717) is 13.0 Å². The standard InChI is InChI=1S/C14H17F3N2O/c1-10(18-9-14(15,16)17)11-4-6-12(7-5-11)19-8-2-3-13(19)20/h4-7,10,18H,2-3,8-9H2,1H3. The van der Waals surface area contributed by atoms with E-state index in [2.05, 4.69) is 5.32 Å². The summed E-state index contributed by atoms with van der Waals surface area (Å²) in [4.78, 5) is 13.3. The third-order valence-corrected chi connectivity index (χ3v) is 3.39. The van der Waals surface area contributed by atoms with E-state index in [4.69, 9.17) is 0 Å². The predicted octanol–water partition coefficient (Wildman–Crippen LogP) is 3.03. The van der Waals surface area contributed by atoms with E-state index in [9.17, 15) is 18.0 Å². The quantitative estimate of drug-likeness (QED) is 0.922. The van der Waals surface area contributed by atoms with Crippen LogP contribution in [0.4, 0.5) is 18.9 Å². The molecule has 1 aliphatic rings. The number of halogens is 3. The summed E-state index contributed by atoms with van der Waals surface area (Å²) in [5, 5.41) is 2.43. The Kier molecular flexibility index (Phi) is 4.32. The van der Waals surface area contributed by atoms with Crippen LogP contribution in [0.25, 0.3) is 0 Å². The number of benzene rings is 1. The van der Waals surface area contributed by atoms with Gasteiger partial charge in [-0.3, -0.25) is 4.79 Å². The molecule has 1 aromatic carbocycles. The zero-order valence-corrected chi connectivity index (χ0v) is 11.2. The molecule has 1 saturated heterocycles. The van der Waals surface area contributed by atoms with Gasteiger partial charge in [-0.15, -0.1) is 0 Å². The molecule has 1 fully saturated rings. The molecule has 1 atom stereocenters. The van der Waals surface area contributed by atoms with Crippen molar-refractivity contribution in [2.24, 2.45) is 0 Å². The topological polar surface area (TPSA) is 32.3 Å². The Bertz CT molecular complexity index is 470. The average molecular weight is 286 g/mol. The van der Waals surface area contributed by atoms with Crippen molar-refractivity contribution in [3.8, 4) is 0 Å². The summed E-state index contributed by atoms with van der Waals surface area (Å²) in [6, 6.07) is 6.69. The number of amides is 1. The molecule has 1 heterocycles. The van der Waals surface area contributed by atoms with E-state index in [1.807, 2.05) is 0 Å². The fraction of sp³-hybridized carbons (Fsp3) is 0.500. The van der Waals surface area contributed by atoms with E-state index in [-0.39, 0.29) is 11.9 Å². The molecule has 1 aromatic rings. The van der Waals surface area contributed by atoms with E-state index < -0.39 is 12.7 Å². The maximum atomic E-state index is 12.1. The van der Waals surface area contributed by atoms with Gasteiger partial charge in [0.15, 0.2) is 0 Å². The van der Waals surface area contributed by atoms with E-state index in [0.717, 1.165) is 17.7 Å². The summed E-state index contributed by atoms with van der Waals surface area (Å²) in [5.41, 5.74) is 1.57. The van der Waals surface area contributed by atoms with Gasteiger partial charge in [-0.25, -0.2) is 0 Å². The first-order chi connectivity index (χ1) is 9.37. The van der Waals surface area contributed by atoms with Crippen molar-refractivity contribution >= 4 is 11.6 Å². The lowest BCUT2D eigenvalue weighted by molar-refractivity contribution is -0.126. The van der Waals surface area contributed by atoms with Gasteiger partial charge in [0.2, 0.25) is 5.91 Å². The van der Waals surface area contributed by atoms with Gasteiger partial charge in [-0.05, 0) is 31.0 Å². The zero-order chi connectivity index (χ0) is 14.8. The second kappa shape index (κ2) is 5.83. The molecule has 110 valence electrons. The van der Waals surface area contributed by atoms with Crippen LogP contribution in [0, 0.1) is 0 Å². The molecule has 0 aliphatic carbocycles. The van der Waals surface area contributed by atoms with Crippen molar-refractivity contribution in [3.05, 3.63) is 29.8 Å². The molecular formula is C14H17F3N2O. The number of rotatable bonds is 4. The fourth-order valence-corrected chi connectivity index (χ4v) is 2.25. The first-order valence-electron chi connectivity index (χ1n) is 6.57. The highest BCUT2D eigenvalue weighted by atomic mass is 19.4. The number of anilines is 1. The van der Waals surface area contributed by atoms with E-state index in [1.165, 1.54) is 0 Å². The van der Waals surface area contributed by atoms with Gasteiger partial charge in [0.25, 0.3) is 0 Å². The summed E-state index contributed by atoms with van der Waals surface area (Å²) in [6.07, 6.45) is -2.80. The van der Waals surface area contributed by atoms with E-state index >= 15 is 0 Å². The fourth-order valence-electron chi connectivity index (χ4n) is 2.25. The molecule has 3 nitrogen and oxygen atoms in total. The predicted molar refractivity (Wildman–Crippen MR) is 70.5 cm³/mol. The normalized spacial score (nSPS) is 17.6. The lowest BCUT2D eigenvalue weighted by Gasteiger charge is -2.19. The molecule has 0 radical (unpaired) electrons. The Labute approximate surface area is 115 Å². The summed E-state index contributed by atoms with van der Waals surface area (Å²) in [6.45, 7) is 1.38. The number of nitrogens with one attached hydrogen (secondary N) is 1. The first kappa shape index (κ1) is 14.8. The van der Waals surface area contributed by atoms with Gasteiger partial charge in [0.1, 0.15) is 0 Å². The smallest absolute Gasteiger partial charge is 0.312 e. The van der Waals surface area contributed by atoms with Crippen LogP contribution in [0.3, 0.4) is 0 Å². The van der Waals surface area contributed by atoms with Crippen LogP contribution in [0.1, 0.15) is 31.4 Å². The lowest BCUT2D eigenvalue weighted by Crippen LogP contribution is -2.30. The minimum absolute atomic E-state index is 0.0981. The van der Waals surface area contributed by atoms with Crippen molar-refractivity contribution in [1.82, 2.24) is 5.32 Å². The number of alkyl halides is 3. The van der Waals surface area contributed by atoms with E-state index in [1.54, 1.807) is 36.1 Å². The molecule has 1 unspecified atom stereocenters. The molecule has 6 heteroatoms. The summed E-state index contributed by atoms with van der Waals surface area (Å²) >= 11 is 0. The van der Waals surface area contributed by atoms with Crippen LogP contribution < -0.4 is 10.2 Å². The Balaban J connectivity index is 1.99. The Morgan fingerprint density at radius 1 is 1.30 bits per heavy atom. The molecular weight excluding hydrogens is 269 g/mol. The SMILES string of the molecule is CC(NCC(F)(F)F)c1ccc(N2CCCC2=O)cc1. The zero-order valence-electron chi connectivity index (χ0n) is 11.2. The van der Waals surface area contributed by atoms with Crippen molar-refractivity contribution in [2.45, 2.75) is 32.0 Å². The summed E-state index contributed by atoms with van der Waals surface area (Å²) in [7, 11) is 0. The molecule has 1 N–H and O–H groups in total. The van der Waals surface area contributed by atoms with Gasteiger partial charge in [-0.2, -0.15) is 13.2 Å². The first-order valence-corrected chi connectivity index (χ1v) is 6.57. The summed E-state index contributed by atoms with van der Waals surface area (Å²) < 4.78 is 36.4. The number of hydrogen-bond donors (Lipinski definition) is 1. The molecule has 2 rings (SSSR count). The van der Waals surface area contributed by atoms with Crippen molar-refractivity contribution in [1.29, 1.82) is 0 Å².